The molecule has 0 amide bonds. The highest BCUT2D eigenvalue weighted by molar-refractivity contribution is 7.91. The molecule has 0 atom stereocenters. The normalized spacial score (nSPS) is 18.3. The lowest BCUT2D eigenvalue weighted by Gasteiger charge is -2.37. The highest BCUT2D eigenvalue weighted by Crippen LogP contribution is 2.40. The standard InChI is InChI=1S/C10H14N2O4S2/c1-7-11-5-8(17-7)18(15,16)12-6-10(9(13)14)3-2-4-10/h5,12H,2-4,6H2,1H3,(H,13,14). The summed E-state index contributed by atoms with van der Waals surface area (Å²) in [5, 5.41) is 9.77. The van der Waals surface area contributed by atoms with Gasteiger partial charge in [0.2, 0.25) is 0 Å². The topological polar surface area (TPSA) is 96.4 Å². The summed E-state index contributed by atoms with van der Waals surface area (Å²) in [7, 11) is -3.64. The van der Waals surface area contributed by atoms with Crippen LogP contribution < -0.4 is 4.72 Å². The van der Waals surface area contributed by atoms with Crippen LogP contribution in [0.2, 0.25) is 0 Å². The molecule has 1 saturated carbocycles. The van der Waals surface area contributed by atoms with Gasteiger partial charge in [0.1, 0.15) is 0 Å². The van der Waals surface area contributed by atoms with E-state index in [0.29, 0.717) is 17.8 Å². The molecule has 8 heteroatoms. The van der Waals surface area contributed by atoms with Gasteiger partial charge in [0.05, 0.1) is 16.6 Å². The molecule has 0 bridgehead atoms. The fraction of sp³-hybridized carbons (Fsp3) is 0.600. The summed E-state index contributed by atoms with van der Waals surface area (Å²) in [5.74, 6) is -0.933. The first-order valence-electron chi connectivity index (χ1n) is 5.51. The van der Waals surface area contributed by atoms with Crippen LogP contribution in [0.1, 0.15) is 24.3 Å². The Kier molecular flexibility index (Phi) is 3.43. The number of thiazole rings is 1. The van der Waals surface area contributed by atoms with E-state index in [-0.39, 0.29) is 10.8 Å². The summed E-state index contributed by atoms with van der Waals surface area (Å²) >= 11 is 1.07. The maximum absolute atomic E-state index is 11.9. The van der Waals surface area contributed by atoms with Crippen LogP contribution in [-0.4, -0.2) is 31.0 Å². The number of aromatic nitrogens is 1. The van der Waals surface area contributed by atoms with Crippen LogP contribution in [0, 0.1) is 12.3 Å². The van der Waals surface area contributed by atoms with E-state index in [9.17, 15) is 13.2 Å². The molecular formula is C10H14N2O4S2. The number of aryl methyl sites for hydroxylation is 1. The number of sulfonamides is 1. The van der Waals surface area contributed by atoms with Crippen LogP contribution in [0.4, 0.5) is 0 Å². The molecule has 1 fully saturated rings. The maximum atomic E-state index is 11.9. The Hall–Kier alpha value is -0.990. The first-order chi connectivity index (χ1) is 8.36. The number of aliphatic carboxylic acids is 1. The van der Waals surface area contributed by atoms with Crippen molar-refractivity contribution in [1.29, 1.82) is 0 Å². The number of nitrogens with zero attached hydrogens (tertiary/aromatic N) is 1. The molecule has 1 heterocycles. The highest BCUT2D eigenvalue weighted by atomic mass is 32.2. The SMILES string of the molecule is Cc1ncc(S(=O)(=O)NCC2(C(=O)O)CCC2)s1. The average Bonchev–Trinajstić information content (AvgIpc) is 2.63. The van der Waals surface area contributed by atoms with Crippen LogP contribution in [-0.2, 0) is 14.8 Å². The van der Waals surface area contributed by atoms with Crippen molar-refractivity contribution >= 4 is 27.3 Å². The molecule has 0 radical (unpaired) electrons. The van der Waals surface area contributed by atoms with Gasteiger partial charge in [-0.3, -0.25) is 4.79 Å². The molecule has 0 saturated heterocycles. The third kappa shape index (κ3) is 2.40. The number of rotatable bonds is 5. The Labute approximate surface area is 109 Å². The van der Waals surface area contributed by atoms with Gasteiger partial charge in [-0.15, -0.1) is 11.3 Å². The van der Waals surface area contributed by atoms with Crippen molar-refractivity contribution in [3.05, 3.63) is 11.2 Å². The van der Waals surface area contributed by atoms with Crippen molar-refractivity contribution in [2.75, 3.05) is 6.54 Å². The van der Waals surface area contributed by atoms with Crippen LogP contribution >= 0.6 is 11.3 Å². The Morgan fingerprint density at radius 3 is 2.67 bits per heavy atom. The van der Waals surface area contributed by atoms with Crippen LogP contribution in [0.5, 0.6) is 0 Å². The van der Waals surface area contributed by atoms with E-state index in [1.54, 1.807) is 6.92 Å². The Balaban J connectivity index is 2.08. The third-order valence-electron chi connectivity index (χ3n) is 3.23. The third-order valence-corrected chi connectivity index (χ3v) is 6.01. The van der Waals surface area contributed by atoms with Gasteiger partial charge in [-0.05, 0) is 19.8 Å². The van der Waals surface area contributed by atoms with Gasteiger partial charge in [-0.25, -0.2) is 18.1 Å². The van der Waals surface area contributed by atoms with Gasteiger partial charge >= 0.3 is 5.97 Å². The molecule has 100 valence electrons. The van der Waals surface area contributed by atoms with Gasteiger partial charge in [-0.2, -0.15) is 0 Å². The van der Waals surface area contributed by atoms with Crippen molar-refractivity contribution in [3.63, 3.8) is 0 Å². The zero-order valence-corrected chi connectivity index (χ0v) is 11.5. The van der Waals surface area contributed by atoms with Crippen molar-refractivity contribution in [1.82, 2.24) is 9.71 Å². The molecule has 2 rings (SSSR count). The molecule has 2 N–H and O–H groups in total. The lowest BCUT2D eigenvalue weighted by molar-refractivity contribution is -0.153. The van der Waals surface area contributed by atoms with Gasteiger partial charge in [-0.1, -0.05) is 6.42 Å². The first kappa shape index (κ1) is 13.4. The minimum absolute atomic E-state index is 0.0540. The summed E-state index contributed by atoms with van der Waals surface area (Å²) in [5.41, 5.74) is -0.924. The number of hydrogen-bond acceptors (Lipinski definition) is 5. The quantitative estimate of drug-likeness (QED) is 0.842. The van der Waals surface area contributed by atoms with E-state index in [1.165, 1.54) is 6.20 Å². The second-order valence-corrected chi connectivity index (χ2v) is 7.69. The molecule has 0 aromatic carbocycles. The van der Waals surface area contributed by atoms with Crippen molar-refractivity contribution in [2.24, 2.45) is 5.41 Å². The van der Waals surface area contributed by atoms with Gasteiger partial charge in [0.15, 0.2) is 4.21 Å². The fourth-order valence-electron chi connectivity index (χ4n) is 1.84. The summed E-state index contributed by atoms with van der Waals surface area (Å²) in [6.45, 7) is 1.66. The number of carboxylic acids is 1. The first-order valence-corrected chi connectivity index (χ1v) is 7.81. The Morgan fingerprint density at radius 1 is 1.61 bits per heavy atom. The van der Waals surface area contributed by atoms with Crippen LogP contribution in [0.25, 0.3) is 0 Å². The number of hydrogen-bond donors (Lipinski definition) is 2. The fourth-order valence-corrected chi connectivity index (χ4v) is 4.12. The van der Waals surface area contributed by atoms with Gasteiger partial charge < -0.3 is 5.11 Å². The molecule has 0 aliphatic heterocycles. The molecule has 0 spiro atoms. The summed E-state index contributed by atoms with van der Waals surface area (Å²) in [6.07, 6.45) is 3.16. The maximum Gasteiger partial charge on any atom is 0.310 e. The van der Waals surface area contributed by atoms with E-state index < -0.39 is 21.4 Å². The second-order valence-electron chi connectivity index (χ2n) is 4.46. The van der Waals surface area contributed by atoms with Crippen molar-refractivity contribution in [3.8, 4) is 0 Å². The predicted molar refractivity (Wildman–Crippen MR) is 66.0 cm³/mol. The molecule has 1 aromatic heterocycles. The molecular weight excluding hydrogens is 276 g/mol. The number of carbonyl (C=O) groups is 1. The molecule has 6 nitrogen and oxygen atoms in total. The lowest BCUT2D eigenvalue weighted by Crippen LogP contribution is -2.47. The monoisotopic (exact) mass is 290 g/mol. The Morgan fingerprint density at radius 2 is 2.28 bits per heavy atom. The average molecular weight is 290 g/mol. The van der Waals surface area contributed by atoms with E-state index in [4.69, 9.17) is 5.11 Å². The highest BCUT2D eigenvalue weighted by Gasteiger charge is 2.45. The smallest absolute Gasteiger partial charge is 0.310 e. The van der Waals surface area contributed by atoms with Crippen LogP contribution in [0.15, 0.2) is 10.4 Å². The van der Waals surface area contributed by atoms with Crippen LogP contribution in [0.3, 0.4) is 0 Å². The Bertz CT molecular complexity index is 560. The van der Waals surface area contributed by atoms with E-state index in [1.807, 2.05) is 0 Å². The van der Waals surface area contributed by atoms with Gasteiger partial charge in [0, 0.05) is 6.54 Å². The minimum atomic E-state index is -3.64. The molecule has 0 unspecified atom stereocenters. The van der Waals surface area contributed by atoms with E-state index >= 15 is 0 Å². The van der Waals surface area contributed by atoms with Gasteiger partial charge in [0.25, 0.3) is 10.0 Å². The lowest BCUT2D eigenvalue weighted by atomic mass is 9.69. The van der Waals surface area contributed by atoms with E-state index in [0.717, 1.165) is 17.8 Å². The van der Waals surface area contributed by atoms with Crippen molar-refractivity contribution in [2.45, 2.75) is 30.4 Å². The summed E-state index contributed by atoms with van der Waals surface area (Å²) < 4.78 is 26.3. The largest absolute Gasteiger partial charge is 0.481 e. The van der Waals surface area contributed by atoms with Crippen molar-refractivity contribution < 1.29 is 18.3 Å². The summed E-state index contributed by atoms with van der Waals surface area (Å²) in [6, 6.07) is 0. The molecule has 1 aromatic rings. The molecule has 1 aliphatic rings. The zero-order chi connectivity index (χ0) is 13.4. The molecule has 1 aliphatic carbocycles. The minimum Gasteiger partial charge on any atom is -0.481 e. The molecule has 18 heavy (non-hydrogen) atoms. The zero-order valence-electron chi connectivity index (χ0n) is 9.84. The predicted octanol–water partition coefficient (Wildman–Crippen LogP) is 0.985. The number of nitrogens with one attached hydrogen (secondary N) is 1. The number of carboxylic acid groups (broad SMARTS) is 1. The second kappa shape index (κ2) is 4.60. The van der Waals surface area contributed by atoms with E-state index in [2.05, 4.69) is 9.71 Å². The summed E-state index contributed by atoms with van der Waals surface area (Å²) in [4.78, 5) is 15.0.